The number of nitrogens with zero attached hydrogens (tertiary/aromatic N) is 2. The van der Waals surface area contributed by atoms with Gasteiger partial charge in [-0.3, -0.25) is 4.90 Å². The zero-order valence-corrected chi connectivity index (χ0v) is 9.65. The van der Waals surface area contributed by atoms with Gasteiger partial charge in [-0.1, -0.05) is 6.92 Å². The molecule has 1 aromatic rings. The van der Waals surface area contributed by atoms with E-state index in [0.717, 1.165) is 38.0 Å². The molecule has 3 aliphatic rings. The lowest BCUT2D eigenvalue weighted by molar-refractivity contribution is -0.132. The van der Waals surface area contributed by atoms with Crippen molar-refractivity contribution < 1.29 is 9.52 Å². The Morgan fingerprint density at radius 2 is 2.31 bits per heavy atom. The van der Waals surface area contributed by atoms with Crippen molar-refractivity contribution in [2.24, 2.45) is 5.92 Å². The van der Waals surface area contributed by atoms with E-state index in [1.54, 1.807) is 6.26 Å². The van der Waals surface area contributed by atoms with Crippen molar-refractivity contribution in [1.29, 1.82) is 0 Å². The first-order valence-electron chi connectivity index (χ1n) is 6.12. The molecule has 16 heavy (non-hydrogen) atoms. The van der Waals surface area contributed by atoms with Crippen LogP contribution in [0.4, 0.5) is 0 Å². The Balaban J connectivity index is 1.92. The van der Waals surface area contributed by atoms with Crippen molar-refractivity contribution in [2.45, 2.75) is 31.8 Å². The van der Waals surface area contributed by atoms with E-state index >= 15 is 0 Å². The number of fused-ring (bicyclic) bond motifs is 3. The van der Waals surface area contributed by atoms with E-state index in [1.807, 2.05) is 6.92 Å². The van der Waals surface area contributed by atoms with Crippen LogP contribution in [0.3, 0.4) is 0 Å². The third kappa shape index (κ3) is 1.40. The van der Waals surface area contributed by atoms with E-state index in [-0.39, 0.29) is 0 Å². The maximum absolute atomic E-state index is 10.7. The van der Waals surface area contributed by atoms with Crippen LogP contribution in [0.15, 0.2) is 10.7 Å². The molecule has 1 unspecified atom stereocenters. The van der Waals surface area contributed by atoms with Gasteiger partial charge in [0.15, 0.2) is 5.60 Å². The minimum Gasteiger partial charge on any atom is -0.446 e. The highest BCUT2D eigenvalue weighted by atomic mass is 16.4. The first-order valence-corrected chi connectivity index (χ1v) is 6.12. The van der Waals surface area contributed by atoms with Crippen LogP contribution in [0.1, 0.15) is 31.4 Å². The summed E-state index contributed by atoms with van der Waals surface area (Å²) in [5.74, 6) is 0.847. The number of aryl methyl sites for hydroxylation is 1. The maximum Gasteiger partial charge on any atom is 0.227 e. The number of aromatic nitrogens is 1. The molecule has 1 atom stereocenters. The predicted octanol–water partition coefficient (Wildman–Crippen LogP) is 1.15. The van der Waals surface area contributed by atoms with Crippen molar-refractivity contribution in [3.8, 4) is 0 Å². The van der Waals surface area contributed by atoms with Crippen LogP contribution in [0.25, 0.3) is 0 Å². The van der Waals surface area contributed by atoms with Crippen LogP contribution in [0.5, 0.6) is 0 Å². The predicted molar refractivity (Wildman–Crippen MR) is 58.9 cm³/mol. The van der Waals surface area contributed by atoms with Crippen LogP contribution < -0.4 is 0 Å². The molecule has 3 saturated heterocycles. The van der Waals surface area contributed by atoms with Gasteiger partial charge in [0, 0.05) is 12.5 Å². The van der Waals surface area contributed by atoms with Crippen molar-refractivity contribution in [3.05, 3.63) is 17.8 Å². The van der Waals surface area contributed by atoms with Gasteiger partial charge >= 0.3 is 0 Å². The van der Waals surface area contributed by atoms with Gasteiger partial charge in [0.2, 0.25) is 5.89 Å². The lowest BCUT2D eigenvalue weighted by Crippen LogP contribution is -2.57. The molecule has 3 aliphatic heterocycles. The van der Waals surface area contributed by atoms with Crippen molar-refractivity contribution >= 4 is 0 Å². The summed E-state index contributed by atoms with van der Waals surface area (Å²) in [4.78, 5) is 6.70. The zero-order chi connectivity index (χ0) is 11.2. The van der Waals surface area contributed by atoms with Gasteiger partial charge in [0.25, 0.3) is 0 Å². The summed E-state index contributed by atoms with van der Waals surface area (Å²) < 4.78 is 5.46. The minimum absolute atomic E-state index is 0.320. The Kier molecular flexibility index (Phi) is 2.30. The molecule has 0 aromatic carbocycles. The lowest BCUT2D eigenvalue weighted by atomic mass is 9.75. The average molecular weight is 222 g/mol. The molecule has 88 valence electrons. The first-order chi connectivity index (χ1) is 7.72. The van der Waals surface area contributed by atoms with Crippen molar-refractivity contribution in [1.82, 2.24) is 9.88 Å². The van der Waals surface area contributed by atoms with E-state index in [0.29, 0.717) is 18.4 Å². The number of hydrogen-bond donors (Lipinski definition) is 1. The number of oxazole rings is 1. The number of aliphatic hydroxyl groups is 1. The molecule has 0 spiro atoms. The van der Waals surface area contributed by atoms with Gasteiger partial charge in [-0.15, -0.1) is 0 Å². The Hall–Kier alpha value is -0.870. The molecule has 0 aliphatic carbocycles. The summed E-state index contributed by atoms with van der Waals surface area (Å²) in [5.41, 5.74) is 0.0871. The number of hydrogen-bond acceptors (Lipinski definition) is 4. The zero-order valence-electron chi connectivity index (χ0n) is 9.65. The molecule has 4 nitrogen and oxygen atoms in total. The summed E-state index contributed by atoms with van der Waals surface area (Å²) in [6.07, 6.45) is 4.64. The Morgan fingerprint density at radius 3 is 2.81 bits per heavy atom. The SMILES string of the molecule is CCc1coc(C2(O)CN3CCC2CC3)n1. The van der Waals surface area contributed by atoms with Crippen LogP contribution >= 0.6 is 0 Å². The molecule has 0 saturated carbocycles. The first kappa shape index (κ1) is 10.3. The molecule has 0 amide bonds. The summed E-state index contributed by atoms with van der Waals surface area (Å²) in [5, 5.41) is 10.7. The summed E-state index contributed by atoms with van der Waals surface area (Å²) >= 11 is 0. The molecule has 4 heteroatoms. The Morgan fingerprint density at radius 1 is 1.56 bits per heavy atom. The average Bonchev–Trinajstić information content (AvgIpc) is 2.79. The quantitative estimate of drug-likeness (QED) is 0.815. The van der Waals surface area contributed by atoms with E-state index < -0.39 is 5.60 Å². The fourth-order valence-corrected chi connectivity index (χ4v) is 2.95. The maximum atomic E-state index is 10.7. The van der Waals surface area contributed by atoms with E-state index in [9.17, 15) is 5.11 Å². The third-order valence-corrected chi connectivity index (χ3v) is 4.01. The largest absolute Gasteiger partial charge is 0.446 e. The summed E-state index contributed by atoms with van der Waals surface area (Å²) in [7, 11) is 0. The normalized spacial score (nSPS) is 37.9. The van der Waals surface area contributed by atoms with Gasteiger partial charge in [0.1, 0.15) is 6.26 Å². The van der Waals surface area contributed by atoms with Crippen molar-refractivity contribution in [2.75, 3.05) is 19.6 Å². The topological polar surface area (TPSA) is 49.5 Å². The molecule has 0 radical (unpaired) electrons. The van der Waals surface area contributed by atoms with Crippen LogP contribution in [0.2, 0.25) is 0 Å². The third-order valence-electron chi connectivity index (χ3n) is 4.01. The van der Waals surface area contributed by atoms with Crippen LogP contribution in [-0.4, -0.2) is 34.6 Å². The smallest absolute Gasteiger partial charge is 0.227 e. The van der Waals surface area contributed by atoms with Crippen LogP contribution in [-0.2, 0) is 12.0 Å². The Labute approximate surface area is 95.3 Å². The van der Waals surface area contributed by atoms with Gasteiger partial charge in [-0.05, 0) is 32.4 Å². The minimum atomic E-state index is -0.843. The van der Waals surface area contributed by atoms with Gasteiger partial charge in [0.05, 0.1) is 5.69 Å². The molecule has 1 N–H and O–H groups in total. The fourth-order valence-electron chi connectivity index (χ4n) is 2.95. The standard InChI is InChI=1S/C12H18N2O2/c1-2-10-7-16-11(13-10)12(15)8-14-5-3-9(12)4-6-14/h7,9,15H,2-6,8H2,1H3. The fraction of sp³-hybridized carbons (Fsp3) is 0.750. The Bertz CT molecular complexity index is 382. The highest BCUT2D eigenvalue weighted by molar-refractivity contribution is 5.10. The molecule has 1 aromatic heterocycles. The molecule has 2 bridgehead atoms. The second kappa shape index (κ2) is 3.57. The van der Waals surface area contributed by atoms with Crippen LogP contribution in [0, 0.1) is 5.92 Å². The highest BCUT2D eigenvalue weighted by Gasteiger charge is 2.49. The molecule has 4 heterocycles. The summed E-state index contributed by atoms with van der Waals surface area (Å²) in [6.45, 7) is 4.94. The molecular weight excluding hydrogens is 204 g/mol. The van der Waals surface area contributed by atoms with Crippen molar-refractivity contribution in [3.63, 3.8) is 0 Å². The molecule has 4 rings (SSSR count). The second-order valence-corrected chi connectivity index (χ2v) is 4.97. The van der Waals surface area contributed by atoms with E-state index in [2.05, 4.69) is 9.88 Å². The lowest BCUT2D eigenvalue weighted by Gasteiger charge is -2.48. The van der Waals surface area contributed by atoms with Gasteiger partial charge in [-0.2, -0.15) is 0 Å². The highest BCUT2D eigenvalue weighted by Crippen LogP contribution is 2.41. The van der Waals surface area contributed by atoms with E-state index in [4.69, 9.17) is 4.42 Å². The molecule has 3 fully saturated rings. The number of rotatable bonds is 2. The number of piperidine rings is 3. The van der Waals surface area contributed by atoms with Gasteiger partial charge in [-0.25, -0.2) is 4.98 Å². The second-order valence-electron chi connectivity index (χ2n) is 4.97. The monoisotopic (exact) mass is 222 g/mol. The van der Waals surface area contributed by atoms with E-state index in [1.165, 1.54) is 0 Å². The van der Waals surface area contributed by atoms with Gasteiger partial charge < -0.3 is 9.52 Å². The summed E-state index contributed by atoms with van der Waals surface area (Å²) in [6, 6.07) is 0. The molecular formula is C12H18N2O2.